The second-order valence-electron chi connectivity index (χ2n) is 6.20. The summed E-state index contributed by atoms with van der Waals surface area (Å²) in [5, 5.41) is 25.6. The lowest BCUT2D eigenvalue weighted by molar-refractivity contribution is 0.0628. The van der Waals surface area contributed by atoms with E-state index in [1.54, 1.807) is 0 Å². The highest BCUT2D eigenvalue weighted by atomic mass is 16.5. The van der Waals surface area contributed by atoms with Gasteiger partial charge < -0.3 is 14.7 Å². The number of benzene rings is 2. The molecule has 0 unspecified atom stereocenters. The van der Waals surface area contributed by atoms with Crippen molar-refractivity contribution in [3.63, 3.8) is 0 Å². The van der Waals surface area contributed by atoms with Crippen LogP contribution in [0.15, 0.2) is 47.0 Å². The minimum absolute atomic E-state index is 0.0548. The summed E-state index contributed by atoms with van der Waals surface area (Å²) >= 11 is 0. The van der Waals surface area contributed by atoms with E-state index < -0.39 is 0 Å². The summed E-state index contributed by atoms with van der Waals surface area (Å²) in [6.45, 7) is 1.27. The molecule has 1 aliphatic rings. The molecule has 0 saturated heterocycles. The maximum atomic E-state index is 9.46. The fourth-order valence-corrected chi connectivity index (χ4v) is 3.47. The molecular formula is C19H20N2O3. The van der Waals surface area contributed by atoms with Crippen LogP contribution in [0, 0.1) is 0 Å². The minimum Gasteiger partial charge on any atom is -0.395 e. The summed E-state index contributed by atoms with van der Waals surface area (Å²) < 4.78 is 5.58. The third-order valence-electron chi connectivity index (χ3n) is 4.84. The van der Waals surface area contributed by atoms with E-state index in [9.17, 15) is 10.2 Å². The van der Waals surface area contributed by atoms with Crippen LogP contribution in [0.3, 0.4) is 0 Å². The van der Waals surface area contributed by atoms with Gasteiger partial charge in [0.05, 0.1) is 19.3 Å². The van der Waals surface area contributed by atoms with Crippen molar-refractivity contribution >= 4 is 10.8 Å². The van der Waals surface area contributed by atoms with Crippen molar-refractivity contribution in [2.45, 2.75) is 19.0 Å². The molecule has 3 aromatic rings. The van der Waals surface area contributed by atoms with Gasteiger partial charge in [-0.3, -0.25) is 4.90 Å². The summed E-state index contributed by atoms with van der Waals surface area (Å²) in [6, 6.07) is 14.2. The summed E-state index contributed by atoms with van der Waals surface area (Å²) in [6.07, 6.45) is 0.740. The molecule has 1 aliphatic heterocycles. The van der Waals surface area contributed by atoms with Gasteiger partial charge in [0, 0.05) is 30.6 Å². The SMILES string of the molecule is OCC(CO)N1CCc2onc(-c3cccc4ccccc34)c2C1. The van der Waals surface area contributed by atoms with Gasteiger partial charge in [0.15, 0.2) is 0 Å². The third kappa shape index (κ3) is 2.51. The highest BCUT2D eigenvalue weighted by Crippen LogP contribution is 2.34. The van der Waals surface area contributed by atoms with Crippen molar-refractivity contribution < 1.29 is 14.7 Å². The normalized spacial score (nSPS) is 15.1. The first-order chi connectivity index (χ1) is 11.8. The van der Waals surface area contributed by atoms with Gasteiger partial charge in [-0.15, -0.1) is 0 Å². The lowest BCUT2D eigenvalue weighted by Crippen LogP contribution is -2.43. The molecule has 0 amide bonds. The Morgan fingerprint density at radius 3 is 2.71 bits per heavy atom. The van der Waals surface area contributed by atoms with Crippen LogP contribution in [0.5, 0.6) is 0 Å². The molecule has 0 atom stereocenters. The number of hydrogen-bond donors (Lipinski definition) is 2. The second-order valence-corrected chi connectivity index (χ2v) is 6.20. The Hall–Kier alpha value is -2.21. The Labute approximate surface area is 140 Å². The van der Waals surface area contributed by atoms with Gasteiger partial charge in [-0.05, 0) is 10.8 Å². The number of aromatic nitrogens is 1. The van der Waals surface area contributed by atoms with Crippen molar-refractivity contribution in [2.75, 3.05) is 19.8 Å². The standard InChI is InChI=1S/C19H20N2O3/c22-11-14(12-23)21-9-8-18-17(10-21)19(20-24-18)16-7-3-5-13-4-1-2-6-15(13)16/h1-7,14,22-23H,8-12H2. The molecule has 4 rings (SSSR count). The molecular weight excluding hydrogens is 304 g/mol. The smallest absolute Gasteiger partial charge is 0.143 e. The lowest BCUT2D eigenvalue weighted by Gasteiger charge is -2.31. The Morgan fingerprint density at radius 2 is 1.88 bits per heavy atom. The first-order valence-electron chi connectivity index (χ1n) is 8.23. The molecule has 2 aromatic carbocycles. The highest BCUT2D eigenvalue weighted by molar-refractivity contribution is 5.96. The van der Waals surface area contributed by atoms with E-state index in [0.29, 0.717) is 6.54 Å². The van der Waals surface area contributed by atoms with Gasteiger partial charge in [0.2, 0.25) is 0 Å². The van der Waals surface area contributed by atoms with Gasteiger partial charge >= 0.3 is 0 Å². The van der Waals surface area contributed by atoms with Crippen LogP contribution in [0.4, 0.5) is 0 Å². The van der Waals surface area contributed by atoms with Crippen LogP contribution in [0.2, 0.25) is 0 Å². The van der Waals surface area contributed by atoms with Crippen LogP contribution < -0.4 is 0 Å². The molecule has 24 heavy (non-hydrogen) atoms. The molecule has 0 bridgehead atoms. The van der Waals surface area contributed by atoms with Crippen LogP contribution in [-0.2, 0) is 13.0 Å². The van der Waals surface area contributed by atoms with E-state index in [4.69, 9.17) is 4.52 Å². The Bertz CT molecular complexity index is 849. The molecule has 124 valence electrons. The van der Waals surface area contributed by atoms with Crippen molar-refractivity contribution in [1.29, 1.82) is 0 Å². The molecule has 2 N–H and O–H groups in total. The summed E-state index contributed by atoms with van der Waals surface area (Å²) in [7, 11) is 0. The van der Waals surface area contributed by atoms with Crippen LogP contribution in [0.25, 0.3) is 22.0 Å². The summed E-state index contributed by atoms with van der Waals surface area (Å²) in [5.74, 6) is 0.906. The quantitative estimate of drug-likeness (QED) is 0.770. The minimum atomic E-state index is -0.242. The average molecular weight is 324 g/mol. The number of aliphatic hydroxyl groups excluding tert-OH is 2. The van der Waals surface area contributed by atoms with E-state index >= 15 is 0 Å². The van der Waals surface area contributed by atoms with Crippen molar-refractivity contribution in [2.24, 2.45) is 0 Å². The number of nitrogens with zero attached hydrogens (tertiary/aromatic N) is 2. The van der Waals surface area contributed by atoms with E-state index in [-0.39, 0.29) is 19.3 Å². The first kappa shape index (κ1) is 15.3. The fraction of sp³-hybridized carbons (Fsp3) is 0.316. The molecule has 0 saturated carbocycles. The largest absolute Gasteiger partial charge is 0.395 e. The summed E-state index contributed by atoms with van der Waals surface area (Å²) in [5.41, 5.74) is 2.98. The van der Waals surface area contributed by atoms with Gasteiger partial charge in [-0.1, -0.05) is 47.6 Å². The molecule has 0 spiro atoms. The molecule has 5 nitrogen and oxygen atoms in total. The number of fused-ring (bicyclic) bond motifs is 2. The van der Waals surface area contributed by atoms with Gasteiger partial charge in [-0.25, -0.2) is 0 Å². The van der Waals surface area contributed by atoms with Gasteiger partial charge in [0.1, 0.15) is 11.5 Å². The third-order valence-corrected chi connectivity index (χ3v) is 4.84. The molecule has 5 heteroatoms. The Morgan fingerprint density at radius 1 is 1.08 bits per heavy atom. The zero-order chi connectivity index (χ0) is 16.5. The Kier molecular flexibility index (Phi) is 4.06. The zero-order valence-corrected chi connectivity index (χ0v) is 13.4. The first-order valence-corrected chi connectivity index (χ1v) is 8.23. The zero-order valence-electron chi connectivity index (χ0n) is 13.4. The molecule has 2 heterocycles. The van der Waals surface area contributed by atoms with E-state index in [2.05, 4.69) is 34.3 Å². The van der Waals surface area contributed by atoms with E-state index in [1.165, 1.54) is 5.39 Å². The van der Waals surface area contributed by atoms with Gasteiger partial charge in [-0.2, -0.15) is 0 Å². The maximum Gasteiger partial charge on any atom is 0.143 e. The lowest BCUT2D eigenvalue weighted by atomic mass is 9.96. The Balaban J connectivity index is 1.78. The van der Waals surface area contributed by atoms with Crippen molar-refractivity contribution in [1.82, 2.24) is 10.1 Å². The predicted octanol–water partition coefficient (Wildman–Crippen LogP) is 2.21. The average Bonchev–Trinajstić information content (AvgIpc) is 3.05. The van der Waals surface area contributed by atoms with Crippen molar-refractivity contribution in [3.8, 4) is 11.3 Å². The van der Waals surface area contributed by atoms with Crippen LogP contribution in [-0.4, -0.2) is 46.1 Å². The van der Waals surface area contributed by atoms with Crippen LogP contribution in [0.1, 0.15) is 11.3 Å². The van der Waals surface area contributed by atoms with Gasteiger partial charge in [0.25, 0.3) is 0 Å². The maximum absolute atomic E-state index is 9.46. The predicted molar refractivity (Wildman–Crippen MR) is 91.5 cm³/mol. The molecule has 0 fully saturated rings. The molecule has 0 radical (unpaired) electrons. The highest BCUT2D eigenvalue weighted by Gasteiger charge is 2.28. The fourth-order valence-electron chi connectivity index (χ4n) is 3.47. The number of rotatable bonds is 4. The monoisotopic (exact) mass is 324 g/mol. The number of aliphatic hydroxyl groups is 2. The molecule has 1 aromatic heterocycles. The topological polar surface area (TPSA) is 69.7 Å². The second kappa shape index (κ2) is 6.36. The van der Waals surface area contributed by atoms with Crippen molar-refractivity contribution in [3.05, 3.63) is 53.8 Å². The number of hydrogen-bond acceptors (Lipinski definition) is 5. The summed E-state index contributed by atoms with van der Waals surface area (Å²) in [4.78, 5) is 2.09. The van der Waals surface area contributed by atoms with Crippen LogP contribution >= 0.6 is 0 Å². The van der Waals surface area contributed by atoms with E-state index in [1.807, 2.05) is 18.2 Å². The molecule has 0 aliphatic carbocycles. The van der Waals surface area contributed by atoms with E-state index in [0.717, 1.165) is 40.9 Å².